The van der Waals surface area contributed by atoms with Gasteiger partial charge >= 0.3 is 0 Å². The largest absolute Gasteiger partial charge is 0.338 e. The Kier molecular flexibility index (Phi) is 4.16. The number of carbonyl (C=O) groups is 1. The lowest BCUT2D eigenvalue weighted by Gasteiger charge is -2.41. The van der Waals surface area contributed by atoms with Crippen LogP contribution in [0.15, 0.2) is 22.7 Å². The first-order valence-corrected chi connectivity index (χ1v) is 8.50. The van der Waals surface area contributed by atoms with Crippen molar-refractivity contribution in [3.05, 3.63) is 33.8 Å². The van der Waals surface area contributed by atoms with E-state index in [9.17, 15) is 4.79 Å². The molecule has 1 heterocycles. The van der Waals surface area contributed by atoms with Crippen molar-refractivity contribution in [2.24, 2.45) is 11.8 Å². The molecule has 3 rings (SSSR count). The van der Waals surface area contributed by atoms with Gasteiger partial charge in [0.15, 0.2) is 0 Å². The molecule has 2 atom stereocenters. The highest BCUT2D eigenvalue weighted by Crippen LogP contribution is 2.36. The van der Waals surface area contributed by atoms with E-state index in [1.165, 1.54) is 37.7 Å². The van der Waals surface area contributed by atoms with Crippen molar-refractivity contribution in [2.45, 2.75) is 39.0 Å². The molecule has 0 spiro atoms. The van der Waals surface area contributed by atoms with Gasteiger partial charge in [0.05, 0.1) is 0 Å². The average molecular weight is 336 g/mol. The third kappa shape index (κ3) is 2.78. The Hall–Kier alpha value is -0.830. The number of piperidine rings is 1. The monoisotopic (exact) mass is 335 g/mol. The molecule has 0 radical (unpaired) electrons. The van der Waals surface area contributed by atoms with Crippen LogP contribution in [0.3, 0.4) is 0 Å². The number of carbonyl (C=O) groups excluding carboxylic acids is 1. The number of likely N-dealkylation sites (tertiary alicyclic amines) is 1. The van der Waals surface area contributed by atoms with Gasteiger partial charge in [-0.3, -0.25) is 4.79 Å². The lowest BCUT2D eigenvalue weighted by atomic mass is 9.75. The van der Waals surface area contributed by atoms with Crippen LogP contribution in [0.4, 0.5) is 0 Å². The lowest BCUT2D eigenvalue weighted by Crippen LogP contribution is -2.44. The van der Waals surface area contributed by atoms with Crippen LogP contribution < -0.4 is 0 Å². The molecule has 2 unspecified atom stereocenters. The zero-order valence-corrected chi connectivity index (χ0v) is 13.7. The number of rotatable bonds is 1. The third-order valence-corrected chi connectivity index (χ3v) is 5.85. The Labute approximate surface area is 129 Å². The number of benzene rings is 1. The summed E-state index contributed by atoms with van der Waals surface area (Å²) in [5.74, 6) is 1.82. The van der Waals surface area contributed by atoms with E-state index in [1.807, 2.05) is 25.1 Å². The fourth-order valence-corrected chi connectivity index (χ4v) is 4.07. The van der Waals surface area contributed by atoms with Crippen molar-refractivity contribution < 1.29 is 4.79 Å². The predicted molar refractivity (Wildman–Crippen MR) is 84.8 cm³/mol. The van der Waals surface area contributed by atoms with Gasteiger partial charge < -0.3 is 4.90 Å². The van der Waals surface area contributed by atoms with E-state index < -0.39 is 0 Å². The first-order chi connectivity index (χ1) is 9.65. The second-order valence-corrected chi connectivity index (χ2v) is 7.16. The number of halogens is 1. The molecule has 1 aliphatic heterocycles. The molecule has 2 nitrogen and oxygen atoms in total. The van der Waals surface area contributed by atoms with E-state index in [0.29, 0.717) is 0 Å². The van der Waals surface area contributed by atoms with Gasteiger partial charge in [-0.25, -0.2) is 0 Å². The van der Waals surface area contributed by atoms with Crippen LogP contribution in [0.1, 0.15) is 48.0 Å². The molecule has 0 bridgehead atoms. The summed E-state index contributed by atoms with van der Waals surface area (Å²) in [6.07, 6.45) is 6.62. The van der Waals surface area contributed by atoms with E-state index in [0.717, 1.165) is 35.0 Å². The summed E-state index contributed by atoms with van der Waals surface area (Å²) in [5.41, 5.74) is 1.99. The van der Waals surface area contributed by atoms with Crippen LogP contribution >= 0.6 is 15.9 Å². The van der Waals surface area contributed by atoms with Crippen molar-refractivity contribution >= 4 is 21.8 Å². The van der Waals surface area contributed by atoms with Gasteiger partial charge in [0.25, 0.3) is 5.91 Å². The lowest BCUT2D eigenvalue weighted by molar-refractivity contribution is 0.0521. The highest BCUT2D eigenvalue weighted by atomic mass is 79.9. The molecule has 0 aromatic heterocycles. The maximum atomic E-state index is 12.6. The summed E-state index contributed by atoms with van der Waals surface area (Å²) in [6, 6.07) is 5.94. The van der Waals surface area contributed by atoms with E-state index in [2.05, 4.69) is 20.8 Å². The van der Waals surface area contributed by atoms with Crippen LogP contribution in [0.25, 0.3) is 0 Å². The summed E-state index contributed by atoms with van der Waals surface area (Å²) in [6.45, 7) is 3.95. The summed E-state index contributed by atoms with van der Waals surface area (Å²) in [4.78, 5) is 14.7. The standard InChI is InChI=1S/C17H22BrNO/c1-12-6-7-14(10-16(12)18)17(20)19-9-8-13-4-2-3-5-15(13)11-19/h6-7,10,13,15H,2-5,8-9,11H2,1H3. The molecule has 2 aliphatic rings. The van der Waals surface area contributed by atoms with Crippen molar-refractivity contribution in [1.82, 2.24) is 4.90 Å². The van der Waals surface area contributed by atoms with Crippen LogP contribution in [0.2, 0.25) is 0 Å². The maximum Gasteiger partial charge on any atom is 0.253 e. The molecule has 1 amide bonds. The fraction of sp³-hybridized carbons (Fsp3) is 0.588. The van der Waals surface area contributed by atoms with Crippen molar-refractivity contribution in [3.8, 4) is 0 Å². The zero-order valence-electron chi connectivity index (χ0n) is 12.1. The van der Waals surface area contributed by atoms with Crippen LogP contribution in [0, 0.1) is 18.8 Å². The molecule has 0 N–H and O–H groups in total. The normalized spacial score (nSPS) is 26.2. The van der Waals surface area contributed by atoms with Gasteiger partial charge in [-0.1, -0.05) is 41.3 Å². The molecular weight excluding hydrogens is 314 g/mol. The third-order valence-electron chi connectivity index (χ3n) is 5.00. The van der Waals surface area contributed by atoms with E-state index in [-0.39, 0.29) is 5.91 Å². The number of amides is 1. The minimum absolute atomic E-state index is 0.203. The van der Waals surface area contributed by atoms with Gasteiger partial charge in [0.2, 0.25) is 0 Å². The number of fused-ring (bicyclic) bond motifs is 1. The van der Waals surface area contributed by atoms with Crippen LogP contribution in [-0.4, -0.2) is 23.9 Å². The Morgan fingerprint density at radius 2 is 1.95 bits per heavy atom. The molecule has 3 heteroatoms. The minimum Gasteiger partial charge on any atom is -0.338 e. The summed E-state index contributed by atoms with van der Waals surface area (Å²) >= 11 is 3.52. The van der Waals surface area contributed by atoms with Gasteiger partial charge in [-0.05, 0) is 49.3 Å². The average Bonchev–Trinajstić information content (AvgIpc) is 2.49. The molecule has 108 valence electrons. The maximum absolute atomic E-state index is 12.6. The molecule has 1 aliphatic carbocycles. The summed E-state index contributed by atoms with van der Waals surface area (Å²) in [5, 5.41) is 0. The molecule has 1 saturated heterocycles. The molecule has 1 saturated carbocycles. The highest BCUT2D eigenvalue weighted by Gasteiger charge is 2.33. The van der Waals surface area contributed by atoms with Gasteiger partial charge in [-0.15, -0.1) is 0 Å². The highest BCUT2D eigenvalue weighted by molar-refractivity contribution is 9.10. The van der Waals surface area contributed by atoms with E-state index in [1.54, 1.807) is 0 Å². The van der Waals surface area contributed by atoms with Gasteiger partial charge in [0.1, 0.15) is 0 Å². The Morgan fingerprint density at radius 3 is 2.70 bits per heavy atom. The Balaban J connectivity index is 1.72. The Bertz CT molecular complexity index is 514. The summed E-state index contributed by atoms with van der Waals surface area (Å²) in [7, 11) is 0. The van der Waals surface area contributed by atoms with Crippen LogP contribution in [0.5, 0.6) is 0 Å². The van der Waals surface area contributed by atoms with Gasteiger partial charge in [-0.2, -0.15) is 0 Å². The molecular formula is C17H22BrNO. The first-order valence-electron chi connectivity index (χ1n) is 7.70. The smallest absolute Gasteiger partial charge is 0.253 e. The molecule has 2 fully saturated rings. The number of hydrogen-bond acceptors (Lipinski definition) is 1. The second-order valence-electron chi connectivity index (χ2n) is 6.31. The molecule has 1 aromatic carbocycles. The minimum atomic E-state index is 0.203. The first kappa shape index (κ1) is 14.1. The Morgan fingerprint density at radius 1 is 1.20 bits per heavy atom. The molecule has 20 heavy (non-hydrogen) atoms. The second kappa shape index (κ2) is 5.88. The van der Waals surface area contributed by atoms with Crippen LogP contribution in [-0.2, 0) is 0 Å². The quantitative estimate of drug-likeness (QED) is 0.744. The number of nitrogens with zero attached hydrogens (tertiary/aromatic N) is 1. The number of hydrogen-bond donors (Lipinski definition) is 0. The molecule has 1 aromatic rings. The van der Waals surface area contributed by atoms with Crippen molar-refractivity contribution in [3.63, 3.8) is 0 Å². The van der Waals surface area contributed by atoms with Gasteiger partial charge in [0, 0.05) is 23.1 Å². The predicted octanol–water partition coefficient (Wildman–Crippen LogP) is 4.41. The fourth-order valence-electron chi connectivity index (χ4n) is 3.69. The van der Waals surface area contributed by atoms with E-state index >= 15 is 0 Å². The topological polar surface area (TPSA) is 20.3 Å². The van der Waals surface area contributed by atoms with Crippen molar-refractivity contribution in [2.75, 3.05) is 13.1 Å². The van der Waals surface area contributed by atoms with E-state index in [4.69, 9.17) is 0 Å². The number of aryl methyl sites for hydroxylation is 1. The summed E-state index contributed by atoms with van der Waals surface area (Å²) < 4.78 is 1.02. The van der Waals surface area contributed by atoms with Crippen molar-refractivity contribution in [1.29, 1.82) is 0 Å². The SMILES string of the molecule is Cc1ccc(C(=O)N2CCC3CCCCC3C2)cc1Br. The zero-order chi connectivity index (χ0) is 14.1.